The van der Waals surface area contributed by atoms with Crippen molar-refractivity contribution in [3.8, 4) is 5.75 Å². The van der Waals surface area contributed by atoms with Crippen LogP contribution in [-0.4, -0.2) is 12.0 Å². The maximum atomic E-state index is 13.9. The van der Waals surface area contributed by atoms with Crippen LogP contribution in [0.1, 0.15) is 16.7 Å². The van der Waals surface area contributed by atoms with Crippen molar-refractivity contribution in [2.24, 2.45) is 5.73 Å². The van der Waals surface area contributed by atoms with Crippen LogP contribution in [0.2, 0.25) is 5.02 Å². The molecule has 0 saturated carbocycles. The fourth-order valence-electron chi connectivity index (χ4n) is 2.52. The molecular formula is C17H16ClFN2O2. The Bertz CT molecular complexity index is 751. The molecule has 0 aliphatic carbocycles. The summed E-state index contributed by atoms with van der Waals surface area (Å²) in [4.78, 5) is 12.2. The van der Waals surface area contributed by atoms with Gasteiger partial charge in [0.2, 0.25) is 0 Å². The van der Waals surface area contributed by atoms with E-state index >= 15 is 0 Å². The molecule has 3 rings (SSSR count). The molecule has 0 spiro atoms. The molecule has 1 heterocycles. The van der Waals surface area contributed by atoms with Crippen molar-refractivity contribution in [1.82, 2.24) is 5.32 Å². The monoisotopic (exact) mass is 334 g/mol. The Hall–Kier alpha value is -2.11. The maximum Gasteiger partial charge on any atom is 0.261 e. The first-order chi connectivity index (χ1) is 11.1. The minimum atomic E-state index is -0.616. The van der Waals surface area contributed by atoms with Crippen LogP contribution in [0.4, 0.5) is 4.39 Å². The normalized spacial score (nSPS) is 15.9. The largest absolute Gasteiger partial charge is 0.480 e. The van der Waals surface area contributed by atoms with Gasteiger partial charge >= 0.3 is 0 Å². The number of amides is 1. The van der Waals surface area contributed by atoms with Gasteiger partial charge < -0.3 is 15.8 Å². The van der Waals surface area contributed by atoms with Crippen molar-refractivity contribution in [3.63, 3.8) is 0 Å². The SMILES string of the molecule is NCc1ccc(CNC(=O)C2Cc3cc(Cl)ccc3O2)c(F)c1. The van der Waals surface area contributed by atoms with Crippen LogP contribution in [0, 0.1) is 5.82 Å². The number of fused-ring (bicyclic) bond motifs is 1. The number of halogens is 2. The van der Waals surface area contributed by atoms with Crippen LogP contribution in [-0.2, 0) is 24.3 Å². The van der Waals surface area contributed by atoms with E-state index in [1.807, 2.05) is 0 Å². The lowest BCUT2D eigenvalue weighted by molar-refractivity contribution is -0.127. The lowest BCUT2D eigenvalue weighted by Crippen LogP contribution is -2.37. The molecule has 6 heteroatoms. The van der Waals surface area contributed by atoms with Gasteiger partial charge in [0.1, 0.15) is 11.6 Å². The molecule has 0 saturated heterocycles. The van der Waals surface area contributed by atoms with Gasteiger partial charge in [-0.05, 0) is 35.4 Å². The van der Waals surface area contributed by atoms with Gasteiger partial charge in [-0.1, -0.05) is 23.7 Å². The number of rotatable bonds is 4. The molecule has 1 aliphatic rings. The van der Waals surface area contributed by atoms with Crippen molar-refractivity contribution >= 4 is 17.5 Å². The molecule has 1 atom stereocenters. The second kappa shape index (κ2) is 6.56. The highest BCUT2D eigenvalue weighted by Crippen LogP contribution is 2.31. The molecule has 0 bridgehead atoms. The zero-order chi connectivity index (χ0) is 16.4. The fourth-order valence-corrected chi connectivity index (χ4v) is 2.72. The van der Waals surface area contributed by atoms with Gasteiger partial charge in [0.25, 0.3) is 5.91 Å². The second-order valence-electron chi connectivity index (χ2n) is 5.41. The zero-order valence-corrected chi connectivity index (χ0v) is 13.1. The molecule has 3 N–H and O–H groups in total. The van der Waals surface area contributed by atoms with Crippen molar-refractivity contribution in [2.75, 3.05) is 0 Å². The predicted octanol–water partition coefficient (Wildman–Crippen LogP) is 2.56. The van der Waals surface area contributed by atoms with Gasteiger partial charge in [0.15, 0.2) is 6.10 Å². The van der Waals surface area contributed by atoms with Crippen molar-refractivity contribution < 1.29 is 13.9 Å². The van der Waals surface area contributed by atoms with Gasteiger partial charge in [0.05, 0.1) is 0 Å². The quantitative estimate of drug-likeness (QED) is 0.903. The molecule has 4 nitrogen and oxygen atoms in total. The van der Waals surface area contributed by atoms with Gasteiger partial charge in [0, 0.05) is 30.1 Å². The summed E-state index contributed by atoms with van der Waals surface area (Å²) in [7, 11) is 0. The molecule has 1 amide bonds. The van der Waals surface area contributed by atoms with Crippen LogP contribution in [0.5, 0.6) is 5.75 Å². The first-order valence-corrected chi connectivity index (χ1v) is 7.65. The minimum absolute atomic E-state index is 0.104. The lowest BCUT2D eigenvalue weighted by atomic mass is 10.1. The van der Waals surface area contributed by atoms with Crippen LogP contribution >= 0.6 is 11.6 Å². The van der Waals surface area contributed by atoms with E-state index in [1.54, 1.807) is 30.3 Å². The standard InChI is InChI=1S/C17H16ClFN2O2/c18-13-3-4-15-12(6-13)7-16(23-15)17(22)21-9-11-2-1-10(8-20)5-14(11)19/h1-6,16H,7-9,20H2,(H,21,22). The van der Waals surface area contributed by atoms with Crippen molar-refractivity contribution in [1.29, 1.82) is 0 Å². The second-order valence-corrected chi connectivity index (χ2v) is 5.85. The summed E-state index contributed by atoms with van der Waals surface area (Å²) in [6, 6.07) is 10.0. The number of nitrogens with two attached hydrogens (primary N) is 1. The smallest absolute Gasteiger partial charge is 0.261 e. The molecule has 0 fully saturated rings. The molecule has 1 unspecified atom stereocenters. The lowest BCUT2D eigenvalue weighted by Gasteiger charge is -2.12. The number of hydrogen-bond donors (Lipinski definition) is 2. The molecule has 0 radical (unpaired) electrons. The highest BCUT2D eigenvalue weighted by molar-refractivity contribution is 6.30. The Morgan fingerprint density at radius 1 is 1.35 bits per heavy atom. The van der Waals surface area contributed by atoms with Crippen molar-refractivity contribution in [2.45, 2.75) is 25.6 Å². The molecule has 0 aromatic heterocycles. The molecule has 2 aromatic carbocycles. The third-order valence-corrected chi connectivity index (χ3v) is 4.03. The number of nitrogens with one attached hydrogen (secondary N) is 1. The Morgan fingerprint density at radius 3 is 2.91 bits per heavy atom. The summed E-state index contributed by atoms with van der Waals surface area (Å²) >= 11 is 5.93. The van der Waals surface area contributed by atoms with E-state index in [9.17, 15) is 9.18 Å². The zero-order valence-electron chi connectivity index (χ0n) is 12.3. The summed E-state index contributed by atoms with van der Waals surface area (Å²) < 4.78 is 19.5. The van der Waals surface area contributed by atoms with Crippen LogP contribution < -0.4 is 15.8 Å². The maximum absolute atomic E-state index is 13.9. The number of carbonyl (C=O) groups is 1. The third kappa shape index (κ3) is 3.46. The molecule has 23 heavy (non-hydrogen) atoms. The summed E-state index contributed by atoms with van der Waals surface area (Å²) in [5, 5.41) is 3.31. The Balaban J connectivity index is 1.61. The minimum Gasteiger partial charge on any atom is -0.480 e. The van der Waals surface area contributed by atoms with E-state index < -0.39 is 6.10 Å². The first-order valence-electron chi connectivity index (χ1n) is 7.27. The molecular weight excluding hydrogens is 319 g/mol. The first kappa shape index (κ1) is 15.8. The highest BCUT2D eigenvalue weighted by atomic mass is 35.5. The van der Waals surface area contributed by atoms with Crippen molar-refractivity contribution in [3.05, 3.63) is 63.9 Å². The van der Waals surface area contributed by atoms with E-state index in [2.05, 4.69) is 5.32 Å². The fraction of sp³-hybridized carbons (Fsp3) is 0.235. The average Bonchev–Trinajstić information content (AvgIpc) is 2.96. The summed E-state index contributed by atoms with van der Waals surface area (Å²) in [5.74, 6) is 0.00307. The Morgan fingerprint density at radius 2 is 2.17 bits per heavy atom. The summed E-state index contributed by atoms with van der Waals surface area (Å²) in [5.41, 5.74) is 7.49. The highest BCUT2D eigenvalue weighted by Gasteiger charge is 2.29. The molecule has 120 valence electrons. The van der Waals surface area contributed by atoms with Gasteiger partial charge in [-0.15, -0.1) is 0 Å². The summed E-state index contributed by atoms with van der Waals surface area (Å²) in [6.45, 7) is 0.382. The van der Waals surface area contributed by atoms with E-state index in [-0.39, 0.29) is 24.8 Å². The molecule has 1 aliphatic heterocycles. The van der Waals surface area contributed by atoms with Gasteiger partial charge in [-0.3, -0.25) is 4.79 Å². The Kier molecular flexibility index (Phi) is 4.50. The number of benzene rings is 2. The molecule has 2 aromatic rings. The van der Waals surface area contributed by atoms with E-state index in [1.165, 1.54) is 6.07 Å². The average molecular weight is 335 g/mol. The van der Waals surface area contributed by atoms with Gasteiger partial charge in [-0.2, -0.15) is 0 Å². The topological polar surface area (TPSA) is 64.3 Å². The van der Waals surface area contributed by atoms with E-state index in [0.717, 1.165) is 5.56 Å². The number of hydrogen-bond acceptors (Lipinski definition) is 3. The van der Waals surface area contributed by atoms with E-state index in [0.29, 0.717) is 28.3 Å². The van der Waals surface area contributed by atoms with Crippen LogP contribution in [0.3, 0.4) is 0 Å². The Labute approximate surface area is 138 Å². The number of carbonyl (C=O) groups excluding carboxylic acids is 1. The van der Waals surface area contributed by atoms with E-state index in [4.69, 9.17) is 22.1 Å². The summed E-state index contributed by atoms with van der Waals surface area (Å²) in [6.07, 6.45) is -0.161. The van der Waals surface area contributed by atoms with Crippen LogP contribution in [0.15, 0.2) is 36.4 Å². The van der Waals surface area contributed by atoms with Crippen LogP contribution in [0.25, 0.3) is 0 Å². The third-order valence-electron chi connectivity index (χ3n) is 3.80. The number of ether oxygens (including phenoxy) is 1. The predicted molar refractivity (Wildman–Crippen MR) is 85.7 cm³/mol. The van der Waals surface area contributed by atoms with Gasteiger partial charge in [-0.25, -0.2) is 4.39 Å².